The highest BCUT2D eigenvalue weighted by atomic mass is 79.9. The third kappa shape index (κ3) is 31.9. The Balaban J connectivity index is -0.000000588. The molecule has 0 spiro atoms. The van der Waals surface area contributed by atoms with E-state index in [1.807, 2.05) is 0 Å². The molecule has 2 nitrogen and oxygen atoms in total. The third-order valence-corrected chi connectivity index (χ3v) is 5.68. The van der Waals surface area contributed by atoms with Crippen LogP contribution in [0.3, 0.4) is 0 Å². The molecule has 0 fully saturated rings. The topological polar surface area (TPSA) is 0 Å². The van der Waals surface area contributed by atoms with Crippen LogP contribution in [0.15, 0.2) is 30.3 Å². The second kappa shape index (κ2) is 23.6. The van der Waals surface area contributed by atoms with Gasteiger partial charge >= 0.3 is 0 Å². The van der Waals surface area contributed by atoms with Crippen molar-refractivity contribution in [1.82, 2.24) is 0 Å². The predicted octanol–water partition coefficient (Wildman–Crippen LogP) is 2.07. The number of hydrogen-bond acceptors (Lipinski definition) is 0. The van der Waals surface area contributed by atoms with E-state index in [0.29, 0.717) is 0 Å². The molecule has 0 saturated carbocycles. The van der Waals surface area contributed by atoms with E-state index in [4.69, 9.17) is 0 Å². The molecule has 4 heteroatoms. The average molecular weight is 550 g/mol. The first-order chi connectivity index (χ1) is 14.6. The van der Waals surface area contributed by atoms with Gasteiger partial charge in [-0.05, 0) is 12.8 Å². The largest absolute Gasteiger partial charge is 1.00 e. The third-order valence-electron chi connectivity index (χ3n) is 5.68. The quantitative estimate of drug-likeness (QED) is 0.206. The van der Waals surface area contributed by atoms with Gasteiger partial charge in [0, 0.05) is 5.56 Å². The summed E-state index contributed by atoms with van der Waals surface area (Å²) in [7, 11) is 13.5. The van der Waals surface area contributed by atoms with Gasteiger partial charge in [0.2, 0.25) is 0 Å². The minimum Gasteiger partial charge on any atom is -1.00 e. The van der Waals surface area contributed by atoms with Crippen molar-refractivity contribution in [2.75, 3.05) is 48.8 Å². The summed E-state index contributed by atoms with van der Waals surface area (Å²) < 4.78 is 2.11. The minimum absolute atomic E-state index is 0. The number of quaternary nitrogens is 2. The van der Waals surface area contributed by atoms with E-state index >= 15 is 0 Å². The molecule has 0 amide bonds. The maximum Gasteiger partial charge on any atom is 0.104 e. The molecule has 1 aromatic rings. The normalized spacial score (nSPS) is 11.1. The highest BCUT2D eigenvalue weighted by Crippen LogP contribution is 2.13. The molecule has 33 heavy (non-hydrogen) atoms. The minimum atomic E-state index is 0. The van der Waals surface area contributed by atoms with E-state index in [1.54, 1.807) is 0 Å². The molecule has 0 aliphatic rings. The molecule has 0 radical (unpaired) electrons. The molecule has 0 aliphatic heterocycles. The van der Waals surface area contributed by atoms with Gasteiger partial charge in [0.15, 0.2) is 0 Å². The van der Waals surface area contributed by atoms with Gasteiger partial charge in [0.1, 0.15) is 6.54 Å². The zero-order chi connectivity index (χ0) is 23.4. The Labute approximate surface area is 225 Å². The monoisotopic (exact) mass is 548 g/mol. The molecule has 0 unspecified atom stereocenters. The van der Waals surface area contributed by atoms with Crippen LogP contribution in [0.4, 0.5) is 0 Å². The van der Waals surface area contributed by atoms with Gasteiger partial charge in [-0.3, -0.25) is 0 Å². The van der Waals surface area contributed by atoms with Crippen LogP contribution in [-0.4, -0.2) is 57.8 Å². The summed E-state index contributed by atoms with van der Waals surface area (Å²) in [5, 5.41) is 0. The van der Waals surface area contributed by atoms with E-state index < -0.39 is 0 Å². The second-order valence-electron chi connectivity index (χ2n) is 11.5. The Kier molecular flexibility index (Phi) is 26.8. The standard InChI is InChI=1S/C19H42N.C10H16N.BrH.ClH/c1-5-6-7-8-9-10-11-12-13-14-15-16-17-18-19-20(2,3)4;1-11(2,3)9-10-7-5-4-6-8-10;;/h5-19H2,1-4H3;4-8H,9H2,1-3H3;2*1H/q2*+1;;/p-2. The van der Waals surface area contributed by atoms with E-state index in [1.165, 1.54) is 102 Å². The van der Waals surface area contributed by atoms with Gasteiger partial charge in [-0.2, -0.15) is 0 Å². The fraction of sp³-hybridized carbons (Fsp3) is 0.793. The van der Waals surface area contributed by atoms with Gasteiger partial charge in [-0.25, -0.2) is 0 Å². The average Bonchev–Trinajstić information content (AvgIpc) is 2.67. The van der Waals surface area contributed by atoms with Crippen LogP contribution >= 0.6 is 0 Å². The lowest BCUT2D eigenvalue weighted by Crippen LogP contribution is -3.00. The molecule has 0 bridgehead atoms. The van der Waals surface area contributed by atoms with Crippen molar-refractivity contribution in [3.63, 3.8) is 0 Å². The van der Waals surface area contributed by atoms with E-state index in [9.17, 15) is 0 Å². The van der Waals surface area contributed by atoms with Gasteiger partial charge in [-0.15, -0.1) is 0 Å². The summed E-state index contributed by atoms with van der Waals surface area (Å²) in [6, 6.07) is 10.6. The number of halogens is 2. The van der Waals surface area contributed by atoms with Crippen molar-refractivity contribution in [3.8, 4) is 0 Å². The van der Waals surface area contributed by atoms with Crippen LogP contribution in [0.25, 0.3) is 0 Å². The highest BCUT2D eigenvalue weighted by molar-refractivity contribution is 5.13. The SMILES string of the molecule is CCCCCCCCCCCCCCCC[N+](C)(C)C.C[N+](C)(C)Cc1ccccc1.[Br-].[Cl-]. The van der Waals surface area contributed by atoms with Crippen molar-refractivity contribution in [2.24, 2.45) is 0 Å². The van der Waals surface area contributed by atoms with Crippen LogP contribution in [0.5, 0.6) is 0 Å². The molecule has 0 aliphatic carbocycles. The highest BCUT2D eigenvalue weighted by Gasteiger charge is 2.06. The van der Waals surface area contributed by atoms with Crippen molar-refractivity contribution in [2.45, 2.75) is 103 Å². The van der Waals surface area contributed by atoms with Gasteiger partial charge in [-0.1, -0.05) is 114 Å². The summed E-state index contributed by atoms with van der Waals surface area (Å²) in [5.41, 5.74) is 1.40. The van der Waals surface area contributed by atoms with Crippen molar-refractivity contribution in [1.29, 1.82) is 0 Å². The van der Waals surface area contributed by atoms with Crippen molar-refractivity contribution >= 4 is 0 Å². The molecule has 198 valence electrons. The Bertz CT molecular complexity index is 495. The second-order valence-corrected chi connectivity index (χ2v) is 11.5. The zero-order valence-electron chi connectivity index (χ0n) is 23.4. The number of nitrogens with zero attached hydrogens (tertiary/aromatic N) is 2. The number of hydrogen-bond donors (Lipinski definition) is 0. The molecular formula is C29H58BrClN2. The Morgan fingerprint density at radius 1 is 0.515 bits per heavy atom. The predicted molar refractivity (Wildman–Crippen MR) is 141 cm³/mol. The van der Waals surface area contributed by atoms with Gasteiger partial charge in [0.25, 0.3) is 0 Å². The summed E-state index contributed by atoms with van der Waals surface area (Å²) in [5.74, 6) is 0. The lowest BCUT2D eigenvalue weighted by molar-refractivity contribution is -0.884. The van der Waals surface area contributed by atoms with Crippen LogP contribution in [0.1, 0.15) is 102 Å². The first-order valence-electron chi connectivity index (χ1n) is 13.3. The van der Waals surface area contributed by atoms with Gasteiger partial charge < -0.3 is 38.4 Å². The molecular weight excluding hydrogens is 492 g/mol. The van der Waals surface area contributed by atoms with Crippen molar-refractivity contribution in [3.05, 3.63) is 35.9 Å². The molecule has 0 atom stereocenters. The lowest BCUT2D eigenvalue weighted by atomic mass is 10.0. The molecule has 0 heterocycles. The summed E-state index contributed by atoms with van der Waals surface area (Å²) >= 11 is 0. The molecule has 1 rings (SSSR count). The number of rotatable bonds is 17. The van der Waals surface area contributed by atoms with Crippen LogP contribution < -0.4 is 29.4 Å². The molecule has 0 N–H and O–H groups in total. The summed E-state index contributed by atoms with van der Waals surface area (Å²) in [4.78, 5) is 0. The summed E-state index contributed by atoms with van der Waals surface area (Å²) in [6.45, 7) is 4.72. The Morgan fingerprint density at radius 3 is 1.21 bits per heavy atom. The summed E-state index contributed by atoms with van der Waals surface area (Å²) in [6.07, 6.45) is 20.4. The molecule has 1 aromatic carbocycles. The first-order valence-corrected chi connectivity index (χ1v) is 13.3. The first kappa shape index (κ1) is 37.5. The number of unbranched alkanes of at least 4 members (excludes halogenated alkanes) is 13. The van der Waals surface area contributed by atoms with Crippen LogP contribution in [0, 0.1) is 0 Å². The fourth-order valence-electron chi connectivity index (χ4n) is 3.91. The zero-order valence-corrected chi connectivity index (χ0v) is 25.7. The van der Waals surface area contributed by atoms with E-state index in [2.05, 4.69) is 79.5 Å². The number of benzene rings is 1. The lowest BCUT2D eigenvalue weighted by Gasteiger charge is -2.23. The van der Waals surface area contributed by atoms with Crippen molar-refractivity contribution < 1.29 is 38.4 Å². The Hall–Kier alpha value is -0.0900. The van der Waals surface area contributed by atoms with E-state index in [0.717, 1.165) is 15.5 Å². The molecule has 0 aromatic heterocycles. The van der Waals surface area contributed by atoms with Crippen LogP contribution in [-0.2, 0) is 6.54 Å². The Morgan fingerprint density at radius 2 is 0.879 bits per heavy atom. The van der Waals surface area contributed by atoms with Crippen LogP contribution in [0.2, 0.25) is 0 Å². The maximum absolute atomic E-state index is 2.29. The molecule has 0 saturated heterocycles. The van der Waals surface area contributed by atoms with Gasteiger partial charge in [0.05, 0.1) is 48.8 Å². The van der Waals surface area contributed by atoms with E-state index in [-0.39, 0.29) is 29.4 Å². The maximum atomic E-state index is 2.29. The smallest absolute Gasteiger partial charge is 0.104 e. The fourth-order valence-corrected chi connectivity index (χ4v) is 3.91.